The minimum absolute atomic E-state index is 0.0911. The fourth-order valence-electron chi connectivity index (χ4n) is 3.13. The van der Waals surface area contributed by atoms with Crippen LogP contribution in [0.5, 0.6) is 5.75 Å². The number of aromatic amines is 1. The van der Waals surface area contributed by atoms with Crippen LogP contribution in [0.15, 0.2) is 48.5 Å². The van der Waals surface area contributed by atoms with Gasteiger partial charge >= 0.3 is 0 Å². The molecule has 0 bridgehead atoms. The van der Waals surface area contributed by atoms with Gasteiger partial charge in [0.1, 0.15) is 11.6 Å². The first-order valence-electron chi connectivity index (χ1n) is 9.71. The number of aromatic nitrogens is 6. The van der Waals surface area contributed by atoms with Gasteiger partial charge in [-0.25, -0.2) is 4.98 Å². The fourth-order valence-corrected chi connectivity index (χ4v) is 3.13. The van der Waals surface area contributed by atoms with Crippen molar-refractivity contribution < 1.29 is 9.53 Å². The first-order chi connectivity index (χ1) is 14.5. The summed E-state index contributed by atoms with van der Waals surface area (Å²) in [6.45, 7) is 3.99. The molecule has 9 heteroatoms. The van der Waals surface area contributed by atoms with E-state index in [1.54, 1.807) is 19.2 Å². The topological polar surface area (TPSA) is 111 Å². The number of ether oxygens (including phenoxy) is 1. The third-order valence-electron chi connectivity index (χ3n) is 4.68. The van der Waals surface area contributed by atoms with Gasteiger partial charge in [-0.2, -0.15) is 4.80 Å². The average Bonchev–Trinajstić information content (AvgIpc) is 3.36. The van der Waals surface area contributed by atoms with Gasteiger partial charge in [0.25, 0.3) is 5.91 Å². The number of nitrogens with one attached hydrogen (secondary N) is 2. The van der Waals surface area contributed by atoms with Gasteiger partial charge in [-0.05, 0) is 47.5 Å². The zero-order valence-electron chi connectivity index (χ0n) is 17.0. The maximum atomic E-state index is 12.5. The molecular weight excluding hydrogens is 382 g/mol. The number of carbonyl (C=O) groups is 1. The summed E-state index contributed by atoms with van der Waals surface area (Å²) < 4.78 is 5.63. The molecule has 154 valence electrons. The van der Waals surface area contributed by atoms with E-state index in [0.717, 1.165) is 22.4 Å². The minimum atomic E-state index is -0.237. The molecule has 2 heterocycles. The van der Waals surface area contributed by atoms with E-state index < -0.39 is 0 Å². The Morgan fingerprint density at radius 1 is 1.17 bits per heavy atom. The standard InChI is InChI=1S/C21H23N7O2/c1-13(2)19(21-22-16-6-4-5-7-17(16)23-21)24-18(29)12-30-15-10-8-14(9-11-15)20-25-27-28(3)26-20/h4-11,13,19H,12H2,1-3H3,(H,22,23)(H,24,29)/t19-/m0/s1. The fraction of sp³-hybridized carbons (Fsp3) is 0.286. The normalized spacial score (nSPS) is 12.3. The summed E-state index contributed by atoms with van der Waals surface area (Å²) >= 11 is 0. The van der Waals surface area contributed by atoms with Crippen molar-refractivity contribution in [2.45, 2.75) is 19.9 Å². The Kier molecular flexibility index (Phi) is 5.42. The van der Waals surface area contributed by atoms with Gasteiger partial charge in [-0.1, -0.05) is 26.0 Å². The third kappa shape index (κ3) is 4.29. The molecule has 0 aliphatic rings. The van der Waals surface area contributed by atoms with Gasteiger partial charge in [0.15, 0.2) is 6.61 Å². The molecule has 0 aliphatic heterocycles. The number of fused-ring (bicyclic) bond motifs is 1. The molecule has 4 rings (SSSR count). The summed E-state index contributed by atoms with van der Waals surface area (Å²) in [6.07, 6.45) is 0. The Labute approximate surface area is 173 Å². The molecule has 2 aromatic heterocycles. The van der Waals surface area contributed by atoms with Crippen LogP contribution in [0.25, 0.3) is 22.4 Å². The Bertz CT molecular complexity index is 1110. The number of tetrazole rings is 1. The van der Waals surface area contributed by atoms with Crippen LogP contribution in [0, 0.1) is 5.92 Å². The van der Waals surface area contributed by atoms with Crippen molar-refractivity contribution in [3.63, 3.8) is 0 Å². The van der Waals surface area contributed by atoms with Crippen LogP contribution >= 0.6 is 0 Å². The first kappa shape index (κ1) is 19.6. The summed E-state index contributed by atoms with van der Waals surface area (Å²) in [7, 11) is 1.71. The van der Waals surface area contributed by atoms with Gasteiger partial charge in [-0.15, -0.1) is 10.2 Å². The Morgan fingerprint density at radius 3 is 2.60 bits per heavy atom. The van der Waals surface area contributed by atoms with Crippen LogP contribution in [0.1, 0.15) is 25.7 Å². The quantitative estimate of drug-likeness (QED) is 0.489. The SMILES string of the molecule is CC(C)[C@H](NC(=O)COc1ccc(-c2nnn(C)n2)cc1)c1nc2ccccc2[nH]1. The third-order valence-corrected chi connectivity index (χ3v) is 4.68. The van der Waals surface area contributed by atoms with Crippen molar-refractivity contribution in [2.24, 2.45) is 13.0 Å². The van der Waals surface area contributed by atoms with Gasteiger partial charge in [-0.3, -0.25) is 4.79 Å². The summed E-state index contributed by atoms with van der Waals surface area (Å²) in [5.41, 5.74) is 2.65. The molecule has 0 spiro atoms. The van der Waals surface area contributed by atoms with E-state index in [9.17, 15) is 4.79 Å². The van der Waals surface area contributed by atoms with E-state index in [4.69, 9.17) is 4.74 Å². The van der Waals surface area contributed by atoms with Crippen LogP contribution in [0.4, 0.5) is 0 Å². The number of carbonyl (C=O) groups excluding carboxylic acids is 1. The molecule has 30 heavy (non-hydrogen) atoms. The first-order valence-corrected chi connectivity index (χ1v) is 9.71. The molecule has 2 aromatic carbocycles. The van der Waals surface area contributed by atoms with E-state index in [1.165, 1.54) is 4.80 Å². The molecule has 0 saturated heterocycles. The van der Waals surface area contributed by atoms with Gasteiger partial charge in [0, 0.05) is 5.56 Å². The lowest BCUT2D eigenvalue weighted by Crippen LogP contribution is -2.35. The van der Waals surface area contributed by atoms with Crippen molar-refractivity contribution >= 4 is 16.9 Å². The lowest BCUT2D eigenvalue weighted by atomic mass is 10.0. The molecule has 0 fully saturated rings. The summed E-state index contributed by atoms with van der Waals surface area (Å²) in [5.74, 6) is 1.80. The van der Waals surface area contributed by atoms with E-state index in [-0.39, 0.29) is 24.5 Å². The molecule has 0 aliphatic carbocycles. The van der Waals surface area contributed by atoms with E-state index in [2.05, 4.69) is 30.7 Å². The smallest absolute Gasteiger partial charge is 0.258 e. The second kappa shape index (κ2) is 8.32. The van der Waals surface area contributed by atoms with Crippen molar-refractivity contribution in [3.05, 3.63) is 54.4 Å². The van der Waals surface area contributed by atoms with Gasteiger partial charge in [0.05, 0.1) is 24.1 Å². The molecular formula is C21H23N7O2. The molecule has 0 radical (unpaired) electrons. The maximum absolute atomic E-state index is 12.5. The number of para-hydroxylation sites is 2. The predicted molar refractivity (Wildman–Crippen MR) is 112 cm³/mol. The highest BCUT2D eigenvalue weighted by Gasteiger charge is 2.22. The number of imidazole rings is 1. The highest BCUT2D eigenvalue weighted by Crippen LogP contribution is 2.22. The number of aryl methyl sites for hydroxylation is 1. The molecule has 2 N–H and O–H groups in total. The summed E-state index contributed by atoms with van der Waals surface area (Å²) in [5, 5.41) is 15.0. The summed E-state index contributed by atoms with van der Waals surface area (Å²) in [6, 6.07) is 14.8. The Balaban J connectivity index is 1.38. The lowest BCUT2D eigenvalue weighted by molar-refractivity contribution is -0.124. The highest BCUT2D eigenvalue weighted by molar-refractivity contribution is 5.78. The van der Waals surface area contributed by atoms with Crippen LogP contribution in [0.2, 0.25) is 0 Å². The van der Waals surface area contributed by atoms with Crippen LogP contribution in [0.3, 0.4) is 0 Å². The molecule has 0 unspecified atom stereocenters. The largest absolute Gasteiger partial charge is 0.484 e. The van der Waals surface area contributed by atoms with Gasteiger partial charge in [0.2, 0.25) is 5.82 Å². The number of nitrogens with zero attached hydrogens (tertiary/aromatic N) is 5. The number of benzene rings is 2. The lowest BCUT2D eigenvalue weighted by Gasteiger charge is -2.20. The Morgan fingerprint density at radius 2 is 1.93 bits per heavy atom. The number of hydrogen-bond donors (Lipinski definition) is 2. The van der Waals surface area contributed by atoms with Gasteiger partial charge < -0.3 is 15.0 Å². The zero-order valence-corrected chi connectivity index (χ0v) is 17.0. The second-order valence-electron chi connectivity index (χ2n) is 7.34. The van der Waals surface area contributed by atoms with Crippen LogP contribution < -0.4 is 10.1 Å². The minimum Gasteiger partial charge on any atom is -0.484 e. The Hall–Kier alpha value is -3.75. The number of hydrogen-bond acceptors (Lipinski definition) is 6. The van der Waals surface area contributed by atoms with Crippen LogP contribution in [-0.4, -0.2) is 42.7 Å². The van der Waals surface area contributed by atoms with Crippen molar-refractivity contribution in [2.75, 3.05) is 6.61 Å². The van der Waals surface area contributed by atoms with Crippen molar-refractivity contribution in [3.8, 4) is 17.1 Å². The summed E-state index contributed by atoms with van der Waals surface area (Å²) in [4.78, 5) is 21.8. The monoisotopic (exact) mass is 405 g/mol. The molecule has 9 nitrogen and oxygen atoms in total. The highest BCUT2D eigenvalue weighted by atomic mass is 16.5. The average molecular weight is 405 g/mol. The van der Waals surface area contributed by atoms with E-state index >= 15 is 0 Å². The number of H-pyrrole nitrogens is 1. The maximum Gasteiger partial charge on any atom is 0.258 e. The predicted octanol–water partition coefficient (Wildman–Crippen LogP) is 2.65. The number of rotatable bonds is 7. The molecule has 0 saturated carbocycles. The zero-order chi connectivity index (χ0) is 21.1. The molecule has 1 atom stereocenters. The van der Waals surface area contributed by atoms with Crippen LogP contribution in [-0.2, 0) is 11.8 Å². The number of amides is 1. The second-order valence-corrected chi connectivity index (χ2v) is 7.34. The molecule has 4 aromatic rings. The van der Waals surface area contributed by atoms with Crippen molar-refractivity contribution in [1.29, 1.82) is 0 Å². The van der Waals surface area contributed by atoms with E-state index in [1.807, 2.05) is 50.2 Å². The molecule has 1 amide bonds. The van der Waals surface area contributed by atoms with E-state index in [0.29, 0.717) is 11.6 Å². The van der Waals surface area contributed by atoms with Crippen molar-refractivity contribution in [1.82, 2.24) is 35.5 Å².